The second kappa shape index (κ2) is 9.98. The average molecular weight is 397 g/mol. The SMILES string of the molecule is CCc1ccccc1OCC(=O)Nc1cc(C(F)(F)F)ccc1OCCOC. The van der Waals surface area contributed by atoms with Gasteiger partial charge in [0.25, 0.3) is 5.91 Å². The van der Waals surface area contributed by atoms with Gasteiger partial charge in [0.1, 0.15) is 18.1 Å². The van der Waals surface area contributed by atoms with Crippen molar-refractivity contribution in [1.82, 2.24) is 0 Å². The van der Waals surface area contributed by atoms with E-state index in [-0.39, 0.29) is 31.3 Å². The molecule has 1 amide bonds. The Bertz CT molecular complexity index is 793. The third kappa shape index (κ3) is 6.16. The number of amides is 1. The van der Waals surface area contributed by atoms with Gasteiger partial charge in [-0.1, -0.05) is 25.1 Å². The number of hydrogen-bond donors (Lipinski definition) is 1. The fourth-order valence-corrected chi connectivity index (χ4v) is 2.43. The number of nitrogens with one attached hydrogen (secondary N) is 1. The Morgan fingerprint density at radius 1 is 1.04 bits per heavy atom. The van der Waals surface area contributed by atoms with Crippen LogP contribution in [-0.2, 0) is 22.1 Å². The molecule has 0 aliphatic heterocycles. The quantitative estimate of drug-likeness (QED) is 0.641. The minimum atomic E-state index is -4.54. The Hall–Kier alpha value is -2.74. The smallest absolute Gasteiger partial charge is 0.416 e. The van der Waals surface area contributed by atoms with E-state index < -0.39 is 17.6 Å². The maximum Gasteiger partial charge on any atom is 0.416 e. The van der Waals surface area contributed by atoms with E-state index in [4.69, 9.17) is 14.2 Å². The molecule has 8 heteroatoms. The number of carbonyl (C=O) groups is 1. The van der Waals surface area contributed by atoms with E-state index in [2.05, 4.69) is 5.32 Å². The van der Waals surface area contributed by atoms with E-state index in [1.807, 2.05) is 19.1 Å². The summed E-state index contributed by atoms with van der Waals surface area (Å²) in [6, 6.07) is 10.1. The number of aryl methyl sites for hydroxylation is 1. The first kappa shape index (κ1) is 21.6. The highest BCUT2D eigenvalue weighted by Gasteiger charge is 2.31. The fraction of sp³-hybridized carbons (Fsp3) is 0.350. The largest absolute Gasteiger partial charge is 0.489 e. The van der Waals surface area contributed by atoms with Gasteiger partial charge in [0.2, 0.25) is 0 Å². The highest BCUT2D eigenvalue weighted by atomic mass is 19.4. The van der Waals surface area contributed by atoms with Gasteiger partial charge in [-0.15, -0.1) is 0 Å². The molecule has 2 aromatic rings. The predicted molar refractivity (Wildman–Crippen MR) is 98.8 cm³/mol. The highest BCUT2D eigenvalue weighted by molar-refractivity contribution is 5.93. The van der Waals surface area contributed by atoms with Crippen LogP contribution in [0.1, 0.15) is 18.1 Å². The van der Waals surface area contributed by atoms with E-state index in [9.17, 15) is 18.0 Å². The zero-order valence-electron chi connectivity index (χ0n) is 15.6. The van der Waals surface area contributed by atoms with Crippen molar-refractivity contribution < 1.29 is 32.2 Å². The number of ether oxygens (including phenoxy) is 3. The molecule has 5 nitrogen and oxygen atoms in total. The van der Waals surface area contributed by atoms with Crippen LogP contribution in [0.4, 0.5) is 18.9 Å². The zero-order valence-corrected chi connectivity index (χ0v) is 15.6. The summed E-state index contributed by atoms with van der Waals surface area (Å²) in [6.07, 6.45) is -3.82. The molecule has 0 fully saturated rings. The van der Waals surface area contributed by atoms with Crippen LogP contribution < -0.4 is 14.8 Å². The van der Waals surface area contributed by atoms with Crippen LogP contribution in [0.15, 0.2) is 42.5 Å². The molecule has 0 unspecified atom stereocenters. The third-order valence-corrected chi connectivity index (χ3v) is 3.84. The molecule has 0 saturated heterocycles. The Labute approximate surface area is 161 Å². The summed E-state index contributed by atoms with van der Waals surface area (Å²) in [5, 5.41) is 2.43. The second-order valence-corrected chi connectivity index (χ2v) is 5.85. The summed E-state index contributed by atoms with van der Waals surface area (Å²) in [5.41, 5.74) is -0.0413. The van der Waals surface area contributed by atoms with Crippen molar-refractivity contribution >= 4 is 11.6 Å². The number of methoxy groups -OCH3 is 1. The van der Waals surface area contributed by atoms with Gasteiger partial charge >= 0.3 is 6.18 Å². The fourth-order valence-electron chi connectivity index (χ4n) is 2.43. The van der Waals surface area contributed by atoms with Crippen LogP contribution in [0.2, 0.25) is 0 Å². The Morgan fingerprint density at radius 3 is 2.46 bits per heavy atom. The van der Waals surface area contributed by atoms with Gasteiger partial charge in [0, 0.05) is 7.11 Å². The molecule has 0 aromatic heterocycles. The summed E-state index contributed by atoms with van der Waals surface area (Å²) in [6.45, 7) is 2.00. The molecule has 2 rings (SSSR count). The predicted octanol–water partition coefficient (Wildman–Crippen LogP) is 4.31. The van der Waals surface area contributed by atoms with E-state index in [0.717, 1.165) is 24.1 Å². The van der Waals surface area contributed by atoms with Crippen LogP contribution in [0.25, 0.3) is 0 Å². The summed E-state index contributed by atoms with van der Waals surface area (Å²) in [4.78, 5) is 12.2. The molecule has 28 heavy (non-hydrogen) atoms. The van der Waals surface area contributed by atoms with Gasteiger partial charge in [-0.25, -0.2) is 0 Å². The van der Waals surface area contributed by atoms with Crippen molar-refractivity contribution in [3.63, 3.8) is 0 Å². The molecule has 0 heterocycles. The van der Waals surface area contributed by atoms with E-state index >= 15 is 0 Å². The van der Waals surface area contributed by atoms with Crippen molar-refractivity contribution in [2.45, 2.75) is 19.5 Å². The molecule has 0 aliphatic rings. The van der Waals surface area contributed by atoms with Crippen LogP contribution in [-0.4, -0.2) is 32.8 Å². The maximum absolute atomic E-state index is 13.0. The first-order valence-electron chi connectivity index (χ1n) is 8.68. The molecule has 152 valence electrons. The van der Waals surface area contributed by atoms with Crippen LogP contribution in [0.3, 0.4) is 0 Å². The Morgan fingerprint density at radius 2 is 1.79 bits per heavy atom. The lowest BCUT2D eigenvalue weighted by atomic mass is 10.1. The van der Waals surface area contributed by atoms with E-state index in [1.165, 1.54) is 13.2 Å². The van der Waals surface area contributed by atoms with Crippen LogP contribution >= 0.6 is 0 Å². The van der Waals surface area contributed by atoms with Crippen LogP contribution in [0.5, 0.6) is 11.5 Å². The molecule has 2 aromatic carbocycles. The minimum absolute atomic E-state index is 0.0803. The molecule has 0 radical (unpaired) electrons. The lowest BCUT2D eigenvalue weighted by Gasteiger charge is -2.16. The summed E-state index contributed by atoms with van der Waals surface area (Å²) >= 11 is 0. The first-order valence-corrected chi connectivity index (χ1v) is 8.68. The Balaban J connectivity index is 2.11. The molecular formula is C20H22F3NO4. The number of alkyl halides is 3. The molecule has 0 spiro atoms. The number of carbonyl (C=O) groups excluding carboxylic acids is 1. The lowest BCUT2D eigenvalue weighted by Crippen LogP contribution is -2.21. The van der Waals surface area contributed by atoms with E-state index in [0.29, 0.717) is 5.75 Å². The van der Waals surface area contributed by atoms with Crippen molar-refractivity contribution in [2.24, 2.45) is 0 Å². The first-order chi connectivity index (χ1) is 13.3. The molecule has 0 saturated carbocycles. The molecule has 1 N–H and O–H groups in total. The molecule has 0 aliphatic carbocycles. The monoisotopic (exact) mass is 397 g/mol. The summed E-state index contributed by atoms with van der Waals surface area (Å²) in [5.74, 6) is 0.0786. The maximum atomic E-state index is 13.0. The van der Waals surface area contributed by atoms with Crippen molar-refractivity contribution in [2.75, 3.05) is 32.2 Å². The number of anilines is 1. The van der Waals surface area contributed by atoms with Crippen molar-refractivity contribution in [3.8, 4) is 11.5 Å². The number of rotatable bonds is 9. The van der Waals surface area contributed by atoms with Gasteiger partial charge < -0.3 is 19.5 Å². The highest BCUT2D eigenvalue weighted by Crippen LogP contribution is 2.35. The number of benzene rings is 2. The van der Waals surface area contributed by atoms with Crippen LogP contribution in [0, 0.1) is 0 Å². The van der Waals surface area contributed by atoms with Gasteiger partial charge in [-0.2, -0.15) is 13.2 Å². The minimum Gasteiger partial charge on any atom is -0.489 e. The lowest BCUT2D eigenvalue weighted by molar-refractivity contribution is -0.137. The summed E-state index contributed by atoms with van der Waals surface area (Å²) in [7, 11) is 1.48. The standard InChI is InChI=1S/C20H22F3NO4/c1-3-14-6-4-5-7-17(14)28-13-19(25)24-16-12-15(20(21,22)23)8-9-18(16)27-11-10-26-2/h4-9,12H,3,10-11,13H2,1-2H3,(H,24,25). The van der Waals surface area contributed by atoms with Gasteiger partial charge in [0.15, 0.2) is 6.61 Å². The van der Waals surface area contributed by atoms with Gasteiger partial charge in [-0.3, -0.25) is 4.79 Å². The Kier molecular flexibility index (Phi) is 7.69. The molecule has 0 bridgehead atoms. The third-order valence-electron chi connectivity index (χ3n) is 3.84. The summed E-state index contributed by atoms with van der Waals surface area (Å²) < 4.78 is 54.8. The number of halogens is 3. The topological polar surface area (TPSA) is 56.8 Å². The molecule has 0 atom stereocenters. The normalized spacial score (nSPS) is 11.2. The van der Waals surface area contributed by atoms with E-state index in [1.54, 1.807) is 12.1 Å². The zero-order chi connectivity index (χ0) is 20.6. The van der Waals surface area contributed by atoms with Gasteiger partial charge in [0.05, 0.1) is 17.9 Å². The average Bonchev–Trinajstić information content (AvgIpc) is 2.67. The molecular weight excluding hydrogens is 375 g/mol. The number of para-hydroxylation sites is 1. The van der Waals surface area contributed by atoms with Crippen molar-refractivity contribution in [3.05, 3.63) is 53.6 Å². The number of hydrogen-bond acceptors (Lipinski definition) is 4. The second-order valence-electron chi connectivity index (χ2n) is 5.85. The van der Waals surface area contributed by atoms with Gasteiger partial charge in [-0.05, 0) is 36.2 Å². The van der Waals surface area contributed by atoms with Crippen molar-refractivity contribution in [1.29, 1.82) is 0 Å².